The molecule has 1 fully saturated rings. The fourth-order valence-electron chi connectivity index (χ4n) is 2.17. The fraction of sp³-hybridized carbons (Fsp3) is 0.500. The van der Waals surface area contributed by atoms with Crippen molar-refractivity contribution in [3.63, 3.8) is 0 Å². The van der Waals surface area contributed by atoms with Gasteiger partial charge in [-0.3, -0.25) is 9.69 Å². The van der Waals surface area contributed by atoms with E-state index < -0.39 is 0 Å². The molecule has 20 heavy (non-hydrogen) atoms. The van der Waals surface area contributed by atoms with Crippen molar-refractivity contribution < 1.29 is 19.0 Å². The van der Waals surface area contributed by atoms with Gasteiger partial charge in [0.2, 0.25) is 5.91 Å². The SMILES string of the molecule is COc1ccccc1OC[C@@H]1CN(CC(N)=O)CCO1. The van der Waals surface area contributed by atoms with Crippen LogP contribution >= 0.6 is 0 Å². The van der Waals surface area contributed by atoms with E-state index in [1.54, 1.807) is 7.11 Å². The summed E-state index contributed by atoms with van der Waals surface area (Å²) in [5.74, 6) is 1.05. The average molecular weight is 280 g/mol. The highest BCUT2D eigenvalue weighted by Crippen LogP contribution is 2.26. The van der Waals surface area contributed by atoms with Crippen LogP contribution in [0.3, 0.4) is 0 Å². The third-order valence-corrected chi connectivity index (χ3v) is 3.10. The number of morpholine rings is 1. The first-order valence-corrected chi connectivity index (χ1v) is 6.57. The maximum absolute atomic E-state index is 10.9. The van der Waals surface area contributed by atoms with Gasteiger partial charge in [0.1, 0.15) is 12.7 Å². The minimum Gasteiger partial charge on any atom is -0.493 e. The summed E-state index contributed by atoms with van der Waals surface area (Å²) in [6, 6.07) is 7.47. The van der Waals surface area contributed by atoms with Crippen LogP contribution in [0.5, 0.6) is 11.5 Å². The molecule has 0 spiro atoms. The van der Waals surface area contributed by atoms with Gasteiger partial charge < -0.3 is 19.9 Å². The lowest BCUT2D eigenvalue weighted by molar-refractivity contribution is -0.121. The quantitative estimate of drug-likeness (QED) is 0.809. The Balaban J connectivity index is 1.85. The van der Waals surface area contributed by atoms with Gasteiger partial charge >= 0.3 is 0 Å². The standard InChI is InChI=1S/C14H20N2O4/c1-18-12-4-2-3-5-13(12)20-10-11-8-16(6-7-19-11)9-14(15)17/h2-5,11H,6-10H2,1H3,(H2,15,17)/t11-/m0/s1. The van der Waals surface area contributed by atoms with Crippen molar-refractivity contribution in [2.24, 2.45) is 5.73 Å². The number of hydrogen-bond acceptors (Lipinski definition) is 5. The molecule has 1 saturated heterocycles. The van der Waals surface area contributed by atoms with E-state index in [1.165, 1.54) is 0 Å². The number of amides is 1. The monoisotopic (exact) mass is 280 g/mol. The summed E-state index contributed by atoms with van der Waals surface area (Å²) < 4.78 is 16.6. The van der Waals surface area contributed by atoms with Crippen molar-refractivity contribution in [3.8, 4) is 11.5 Å². The Kier molecular flexibility index (Phi) is 5.20. The third kappa shape index (κ3) is 4.11. The van der Waals surface area contributed by atoms with Crippen molar-refractivity contribution in [1.82, 2.24) is 4.90 Å². The van der Waals surface area contributed by atoms with Gasteiger partial charge in [0, 0.05) is 13.1 Å². The Morgan fingerprint density at radius 2 is 2.20 bits per heavy atom. The summed E-state index contributed by atoms with van der Waals surface area (Å²) in [7, 11) is 1.61. The molecule has 6 nitrogen and oxygen atoms in total. The van der Waals surface area contributed by atoms with Crippen LogP contribution in [0.2, 0.25) is 0 Å². The molecule has 0 bridgehead atoms. The van der Waals surface area contributed by atoms with Gasteiger partial charge in [0.25, 0.3) is 0 Å². The predicted molar refractivity (Wildman–Crippen MR) is 73.9 cm³/mol. The first-order chi connectivity index (χ1) is 9.69. The molecule has 2 N–H and O–H groups in total. The van der Waals surface area contributed by atoms with Crippen molar-refractivity contribution in [1.29, 1.82) is 0 Å². The summed E-state index contributed by atoms with van der Waals surface area (Å²) in [5, 5.41) is 0. The molecular weight excluding hydrogens is 260 g/mol. The summed E-state index contributed by atoms with van der Waals surface area (Å²) in [5.41, 5.74) is 5.20. The molecule has 0 radical (unpaired) electrons. The summed E-state index contributed by atoms with van der Waals surface area (Å²) in [6.45, 7) is 2.60. The topological polar surface area (TPSA) is 74.0 Å². The number of methoxy groups -OCH3 is 1. The molecule has 1 aromatic rings. The number of carbonyl (C=O) groups excluding carboxylic acids is 1. The molecular formula is C14H20N2O4. The van der Waals surface area contributed by atoms with Gasteiger partial charge in [-0.2, -0.15) is 0 Å². The number of nitrogens with zero attached hydrogens (tertiary/aromatic N) is 1. The number of ether oxygens (including phenoxy) is 3. The third-order valence-electron chi connectivity index (χ3n) is 3.10. The number of primary amides is 1. The number of benzene rings is 1. The highest BCUT2D eigenvalue weighted by atomic mass is 16.5. The number of rotatable bonds is 6. The molecule has 1 atom stereocenters. The molecule has 1 aliphatic rings. The Labute approximate surface area is 118 Å². The molecule has 1 heterocycles. The zero-order chi connectivity index (χ0) is 14.4. The zero-order valence-corrected chi connectivity index (χ0v) is 11.6. The van der Waals surface area contributed by atoms with Crippen molar-refractivity contribution >= 4 is 5.91 Å². The highest BCUT2D eigenvalue weighted by molar-refractivity contribution is 5.75. The summed E-state index contributed by atoms with van der Waals surface area (Å²) in [4.78, 5) is 12.9. The maximum Gasteiger partial charge on any atom is 0.231 e. The van der Waals surface area contributed by atoms with Gasteiger partial charge in [0.15, 0.2) is 11.5 Å². The second-order valence-corrected chi connectivity index (χ2v) is 4.66. The van der Waals surface area contributed by atoms with Gasteiger partial charge in [-0.25, -0.2) is 0 Å². The minimum absolute atomic E-state index is 0.0759. The Bertz CT molecular complexity index is 453. The van der Waals surface area contributed by atoms with Crippen LogP contribution in [0, 0.1) is 0 Å². The smallest absolute Gasteiger partial charge is 0.231 e. The second-order valence-electron chi connectivity index (χ2n) is 4.66. The number of hydrogen-bond donors (Lipinski definition) is 1. The molecule has 0 aliphatic carbocycles. The van der Waals surface area contributed by atoms with Crippen LogP contribution in [0.1, 0.15) is 0 Å². The molecule has 1 amide bonds. The first kappa shape index (κ1) is 14.6. The van der Waals surface area contributed by atoms with Crippen molar-refractivity contribution in [3.05, 3.63) is 24.3 Å². The Morgan fingerprint density at radius 1 is 1.45 bits per heavy atom. The van der Waals surface area contributed by atoms with E-state index in [9.17, 15) is 4.79 Å². The average Bonchev–Trinajstić information content (AvgIpc) is 2.45. The Morgan fingerprint density at radius 3 is 2.90 bits per heavy atom. The number of nitrogens with two attached hydrogens (primary N) is 1. The number of carbonyl (C=O) groups is 1. The molecule has 1 aromatic carbocycles. The van der Waals surface area contributed by atoms with Gasteiger partial charge in [-0.05, 0) is 12.1 Å². The normalized spacial score (nSPS) is 19.6. The van der Waals surface area contributed by atoms with Gasteiger partial charge in [-0.1, -0.05) is 12.1 Å². The molecule has 0 aromatic heterocycles. The Hall–Kier alpha value is -1.79. The van der Waals surface area contributed by atoms with Crippen molar-refractivity contribution in [2.75, 3.05) is 40.0 Å². The maximum atomic E-state index is 10.9. The van der Waals surface area contributed by atoms with Gasteiger partial charge in [0.05, 0.1) is 20.3 Å². The van der Waals surface area contributed by atoms with Crippen LogP contribution in [0.4, 0.5) is 0 Å². The van der Waals surface area contributed by atoms with E-state index in [1.807, 2.05) is 29.2 Å². The lowest BCUT2D eigenvalue weighted by Gasteiger charge is -2.31. The van der Waals surface area contributed by atoms with E-state index in [-0.39, 0.29) is 18.6 Å². The van der Waals surface area contributed by atoms with Crippen LogP contribution in [0.15, 0.2) is 24.3 Å². The fourth-order valence-corrected chi connectivity index (χ4v) is 2.17. The lowest BCUT2D eigenvalue weighted by atomic mass is 10.2. The molecule has 2 rings (SSSR count). The minimum atomic E-state index is -0.323. The van der Waals surface area contributed by atoms with Crippen LogP contribution < -0.4 is 15.2 Å². The number of para-hydroxylation sites is 2. The van der Waals surface area contributed by atoms with E-state index in [2.05, 4.69) is 0 Å². The highest BCUT2D eigenvalue weighted by Gasteiger charge is 2.22. The van der Waals surface area contributed by atoms with Gasteiger partial charge in [-0.15, -0.1) is 0 Å². The van der Waals surface area contributed by atoms with E-state index in [0.29, 0.717) is 37.8 Å². The summed E-state index contributed by atoms with van der Waals surface area (Å²) in [6.07, 6.45) is -0.0759. The molecule has 1 aliphatic heterocycles. The molecule has 0 unspecified atom stereocenters. The van der Waals surface area contributed by atoms with Crippen LogP contribution in [-0.2, 0) is 9.53 Å². The lowest BCUT2D eigenvalue weighted by Crippen LogP contribution is -2.47. The predicted octanol–water partition coefficient (Wildman–Crippen LogP) is 0.260. The molecule has 6 heteroatoms. The zero-order valence-electron chi connectivity index (χ0n) is 11.6. The summed E-state index contributed by atoms with van der Waals surface area (Å²) >= 11 is 0. The molecule has 0 saturated carbocycles. The first-order valence-electron chi connectivity index (χ1n) is 6.57. The van der Waals surface area contributed by atoms with Crippen molar-refractivity contribution in [2.45, 2.75) is 6.10 Å². The van der Waals surface area contributed by atoms with E-state index >= 15 is 0 Å². The largest absolute Gasteiger partial charge is 0.493 e. The second kappa shape index (κ2) is 7.12. The van der Waals surface area contributed by atoms with E-state index in [0.717, 1.165) is 0 Å². The van der Waals surface area contributed by atoms with Crippen LogP contribution in [-0.4, -0.2) is 56.9 Å². The molecule has 110 valence electrons. The van der Waals surface area contributed by atoms with Crippen LogP contribution in [0.25, 0.3) is 0 Å². The van der Waals surface area contributed by atoms with E-state index in [4.69, 9.17) is 19.9 Å².